The molecule has 0 unspecified atom stereocenters. The van der Waals surface area contributed by atoms with Gasteiger partial charge in [-0.1, -0.05) is 5.16 Å². The van der Waals surface area contributed by atoms with Crippen molar-refractivity contribution in [1.82, 2.24) is 4.98 Å². The van der Waals surface area contributed by atoms with Crippen LogP contribution < -0.4 is 4.74 Å². The SMILES string of the molecule is CCOc1ccc(C=NO)cn1. The quantitative estimate of drug-likeness (QED) is 0.418. The molecule has 0 saturated carbocycles. The predicted molar refractivity (Wildman–Crippen MR) is 44.8 cm³/mol. The zero-order chi connectivity index (χ0) is 8.81. The van der Waals surface area contributed by atoms with Crippen LogP contribution in [0, 0.1) is 0 Å². The van der Waals surface area contributed by atoms with Gasteiger partial charge in [0.25, 0.3) is 0 Å². The van der Waals surface area contributed by atoms with Crippen molar-refractivity contribution >= 4 is 6.21 Å². The molecule has 0 spiro atoms. The molecular weight excluding hydrogens is 156 g/mol. The molecule has 0 atom stereocenters. The number of pyridine rings is 1. The normalized spacial score (nSPS) is 10.4. The fourth-order valence-corrected chi connectivity index (χ4v) is 0.768. The third-order valence-electron chi connectivity index (χ3n) is 1.26. The lowest BCUT2D eigenvalue weighted by Crippen LogP contribution is -1.94. The molecule has 4 heteroatoms. The molecule has 0 amide bonds. The van der Waals surface area contributed by atoms with Gasteiger partial charge in [0.15, 0.2) is 0 Å². The maximum atomic E-state index is 8.20. The number of hydrogen-bond donors (Lipinski definition) is 1. The molecule has 12 heavy (non-hydrogen) atoms. The molecule has 0 radical (unpaired) electrons. The highest BCUT2D eigenvalue weighted by Crippen LogP contribution is 2.05. The average Bonchev–Trinajstić information content (AvgIpc) is 2.09. The topological polar surface area (TPSA) is 54.7 Å². The fourth-order valence-electron chi connectivity index (χ4n) is 0.768. The van der Waals surface area contributed by atoms with E-state index in [1.54, 1.807) is 18.3 Å². The van der Waals surface area contributed by atoms with Gasteiger partial charge in [-0.3, -0.25) is 0 Å². The molecule has 0 aliphatic rings. The number of ether oxygens (including phenoxy) is 1. The van der Waals surface area contributed by atoms with Crippen LogP contribution in [-0.4, -0.2) is 23.0 Å². The van der Waals surface area contributed by atoms with E-state index < -0.39 is 0 Å². The molecule has 1 rings (SSSR count). The molecule has 0 aromatic carbocycles. The van der Waals surface area contributed by atoms with Crippen molar-refractivity contribution in [2.24, 2.45) is 5.16 Å². The molecule has 0 fully saturated rings. The Bertz CT molecular complexity index is 256. The van der Waals surface area contributed by atoms with Gasteiger partial charge in [-0.05, 0) is 13.0 Å². The van der Waals surface area contributed by atoms with E-state index in [0.717, 1.165) is 5.56 Å². The molecular formula is C8H10N2O2. The van der Waals surface area contributed by atoms with Crippen molar-refractivity contribution in [2.45, 2.75) is 6.92 Å². The van der Waals surface area contributed by atoms with Crippen molar-refractivity contribution in [3.63, 3.8) is 0 Å². The predicted octanol–water partition coefficient (Wildman–Crippen LogP) is 1.29. The first-order chi connectivity index (χ1) is 5.86. The van der Waals surface area contributed by atoms with Crippen molar-refractivity contribution in [3.05, 3.63) is 23.9 Å². The first-order valence-electron chi connectivity index (χ1n) is 3.63. The Morgan fingerprint density at radius 3 is 3.00 bits per heavy atom. The molecule has 1 aromatic rings. The maximum absolute atomic E-state index is 8.20. The summed E-state index contributed by atoms with van der Waals surface area (Å²) in [6, 6.07) is 3.48. The van der Waals surface area contributed by atoms with E-state index in [1.165, 1.54) is 6.21 Å². The van der Waals surface area contributed by atoms with E-state index in [9.17, 15) is 0 Å². The van der Waals surface area contributed by atoms with E-state index in [2.05, 4.69) is 10.1 Å². The first kappa shape index (κ1) is 8.52. The lowest BCUT2D eigenvalue weighted by atomic mass is 10.3. The Morgan fingerprint density at radius 1 is 1.67 bits per heavy atom. The third kappa shape index (κ3) is 2.23. The van der Waals surface area contributed by atoms with Crippen LogP contribution in [0.3, 0.4) is 0 Å². The number of aromatic nitrogens is 1. The molecule has 1 heterocycles. The number of hydrogen-bond acceptors (Lipinski definition) is 4. The summed E-state index contributed by atoms with van der Waals surface area (Å²) in [7, 11) is 0. The molecule has 1 aromatic heterocycles. The standard InChI is InChI=1S/C8H10N2O2/c1-2-12-8-4-3-7(5-9-8)6-10-11/h3-6,11H,2H2,1H3. The van der Waals surface area contributed by atoms with Crippen molar-refractivity contribution in [1.29, 1.82) is 0 Å². The van der Waals surface area contributed by atoms with Crippen LogP contribution in [0.2, 0.25) is 0 Å². The summed E-state index contributed by atoms with van der Waals surface area (Å²) < 4.78 is 5.12. The summed E-state index contributed by atoms with van der Waals surface area (Å²) in [5.41, 5.74) is 0.737. The molecule has 4 nitrogen and oxygen atoms in total. The minimum Gasteiger partial charge on any atom is -0.478 e. The molecule has 0 aliphatic carbocycles. The molecule has 0 saturated heterocycles. The second-order valence-corrected chi connectivity index (χ2v) is 2.11. The molecule has 0 bridgehead atoms. The van der Waals surface area contributed by atoms with Gasteiger partial charge in [-0.2, -0.15) is 0 Å². The van der Waals surface area contributed by atoms with Gasteiger partial charge in [0.2, 0.25) is 5.88 Å². The highest BCUT2D eigenvalue weighted by molar-refractivity contribution is 5.78. The van der Waals surface area contributed by atoms with Crippen LogP contribution in [-0.2, 0) is 0 Å². The van der Waals surface area contributed by atoms with E-state index in [-0.39, 0.29) is 0 Å². The Kier molecular flexibility index (Phi) is 3.07. The van der Waals surface area contributed by atoms with E-state index >= 15 is 0 Å². The molecule has 0 aliphatic heterocycles. The minimum absolute atomic E-state index is 0.576. The minimum atomic E-state index is 0.576. The van der Waals surface area contributed by atoms with Crippen LogP contribution in [0.15, 0.2) is 23.5 Å². The van der Waals surface area contributed by atoms with Crippen molar-refractivity contribution in [2.75, 3.05) is 6.61 Å². The van der Waals surface area contributed by atoms with E-state index in [0.29, 0.717) is 12.5 Å². The van der Waals surface area contributed by atoms with Crippen LogP contribution in [0.5, 0.6) is 5.88 Å². The summed E-state index contributed by atoms with van der Waals surface area (Å²) >= 11 is 0. The number of oxime groups is 1. The fraction of sp³-hybridized carbons (Fsp3) is 0.250. The number of rotatable bonds is 3. The highest BCUT2D eigenvalue weighted by atomic mass is 16.5. The Morgan fingerprint density at radius 2 is 2.50 bits per heavy atom. The Balaban J connectivity index is 2.71. The van der Waals surface area contributed by atoms with Gasteiger partial charge in [0, 0.05) is 17.8 Å². The van der Waals surface area contributed by atoms with Crippen molar-refractivity contribution < 1.29 is 9.94 Å². The monoisotopic (exact) mass is 166 g/mol. The van der Waals surface area contributed by atoms with Gasteiger partial charge in [-0.15, -0.1) is 0 Å². The zero-order valence-electron chi connectivity index (χ0n) is 6.77. The third-order valence-corrected chi connectivity index (χ3v) is 1.26. The zero-order valence-corrected chi connectivity index (χ0v) is 6.77. The smallest absolute Gasteiger partial charge is 0.213 e. The number of nitrogens with zero attached hydrogens (tertiary/aromatic N) is 2. The molecule has 64 valence electrons. The van der Waals surface area contributed by atoms with Crippen LogP contribution in [0.1, 0.15) is 12.5 Å². The van der Waals surface area contributed by atoms with Gasteiger partial charge < -0.3 is 9.94 Å². The highest BCUT2D eigenvalue weighted by Gasteiger charge is 1.92. The van der Waals surface area contributed by atoms with Crippen LogP contribution >= 0.6 is 0 Å². The maximum Gasteiger partial charge on any atom is 0.213 e. The van der Waals surface area contributed by atoms with Crippen LogP contribution in [0.4, 0.5) is 0 Å². The Hall–Kier alpha value is -1.58. The van der Waals surface area contributed by atoms with E-state index in [1.807, 2.05) is 6.92 Å². The average molecular weight is 166 g/mol. The lowest BCUT2D eigenvalue weighted by Gasteiger charge is -1.99. The second kappa shape index (κ2) is 4.33. The van der Waals surface area contributed by atoms with Crippen LogP contribution in [0.25, 0.3) is 0 Å². The lowest BCUT2D eigenvalue weighted by molar-refractivity contribution is 0.321. The van der Waals surface area contributed by atoms with E-state index in [4.69, 9.17) is 9.94 Å². The second-order valence-electron chi connectivity index (χ2n) is 2.11. The van der Waals surface area contributed by atoms with Gasteiger partial charge in [0.1, 0.15) is 0 Å². The first-order valence-corrected chi connectivity index (χ1v) is 3.63. The summed E-state index contributed by atoms with van der Waals surface area (Å²) in [6.45, 7) is 2.49. The summed E-state index contributed by atoms with van der Waals surface area (Å²) in [5.74, 6) is 0.576. The van der Waals surface area contributed by atoms with Crippen molar-refractivity contribution in [3.8, 4) is 5.88 Å². The summed E-state index contributed by atoms with van der Waals surface area (Å²) in [6.07, 6.45) is 2.88. The molecule has 1 N–H and O–H groups in total. The Labute approximate surface area is 70.5 Å². The van der Waals surface area contributed by atoms with Gasteiger partial charge in [-0.25, -0.2) is 4.98 Å². The van der Waals surface area contributed by atoms with Gasteiger partial charge in [0.05, 0.1) is 12.8 Å². The summed E-state index contributed by atoms with van der Waals surface area (Å²) in [5, 5.41) is 11.1. The van der Waals surface area contributed by atoms with Gasteiger partial charge >= 0.3 is 0 Å². The summed E-state index contributed by atoms with van der Waals surface area (Å²) in [4.78, 5) is 3.96. The largest absolute Gasteiger partial charge is 0.478 e.